The predicted molar refractivity (Wildman–Crippen MR) is 99.5 cm³/mol. The molecule has 134 valence electrons. The molecule has 2 aromatic carbocycles. The zero-order valence-corrected chi connectivity index (χ0v) is 14.5. The first-order valence-corrected chi connectivity index (χ1v) is 8.38. The lowest BCUT2D eigenvalue weighted by atomic mass is 10.1. The Morgan fingerprint density at radius 1 is 1.04 bits per heavy atom. The van der Waals surface area contributed by atoms with Crippen LogP contribution >= 0.6 is 11.6 Å². The highest BCUT2D eigenvalue weighted by Gasteiger charge is 2.35. The van der Waals surface area contributed by atoms with E-state index in [0.717, 1.165) is 4.90 Å². The van der Waals surface area contributed by atoms with Crippen molar-refractivity contribution >= 4 is 35.3 Å². The number of rotatable bonds is 3. The van der Waals surface area contributed by atoms with Gasteiger partial charge in [0.1, 0.15) is 23.0 Å². The Bertz CT molecular complexity index is 1090. The van der Waals surface area contributed by atoms with Crippen molar-refractivity contribution in [3.63, 3.8) is 0 Å². The van der Waals surface area contributed by atoms with Crippen molar-refractivity contribution in [2.75, 3.05) is 4.90 Å². The van der Waals surface area contributed by atoms with E-state index in [0.29, 0.717) is 27.8 Å². The number of furan rings is 1. The van der Waals surface area contributed by atoms with Crippen molar-refractivity contribution in [2.45, 2.75) is 0 Å². The van der Waals surface area contributed by atoms with E-state index in [9.17, 15) is 14.0 Å². The third-order valence-corrected chi connectivity index (χ3v) is 4.23. The monoisotopic (exact) mass is 382 g/mol. The minimum Gasteiger partial charge on any atom is -0.457 e. The summed E-state index contributed by atoms with van der Waals surface area (Å²) in [4.78, 5) is 25.8. The number of carbonyl (C=O) groups excluding carboxylic acids is 2. The van der Waals surface area contributed by atoms with E-state index in [1.165, 1.54) is 18.2 Å². The molecule has 3 aromatic rings. The van der Waals surface area contributed by atoms with Gasteiger partial charge in [-0.1, -0.05) is 29.8 Å². The maximum atomic E-state index is 13.9. The molecule has 1 aliphatic heterocycles. The maximum absolute atomic E-state index is 13.9. The fraction of sp³-hybridized carbons (Fsp3) is 0. The van der Waals surface area contributed by atoms with Crippen molar-refractivity contribution in [2.24, 2.45) is 0 Å². The molecule has 0 radical (unpaired) electrons. The van der Waals surface area contributed by atoms with Gasteiger partial charge in [-0.3, -0.25) is 4.79 Å². The molecule has 3 amide bonds. The molecule has 1 fully saturated rings. The van der Waals surface area contributed by atoms with E-state index in [1.54, 1.807) is 48.5 Å². The van der Waals surface area contributed by atoms with Gasteiger partial charge in [-0.25, -0.2) is 14.1 Å². The zero-order valence-electron chi connectivity index (χ0n) is 13.8. The SMILES string of the molecule is O=C1N/C(=C\c2ccc(-c3ccccc3F)o2)C(=O)N1c1cccc(Cl)c1. The van der Waals surface area contributed by atoms with E-state index >= 15 is 0 Å². The van der Waals surface area contributed by atoms with E-state index in [4.69, 9.17) is 16.0 Å². The predicted octanol–water partition coefficient (Wildman–Crippen LogP) is 4.84. The molecule has 0 atom stereocenters. The summed E-state index contributed by atoms with van der Waals surface area (Å²) in [6.07, 6.45) is 1.40. The third kappa shape index (κ3) is 3.22. The first kappa shape index (κ1) is 17.1. The lowest BCUT2D eigenvalue weighted by molar-refractivity contribution is -0.113. The molecule has 0 bridgehead atoms. The van der Waals surface area contributed by atoms with Crippen molar-refractivity contribution in [3.8, 4) is 11.3 Å². The van der Waals surface area contributed by atoms with E-state index in [1.807, 2.05) is 0 Å². The molecule has 1 saturated heterocycles. The van der Waals surface area contributed by atoms with Crippen molar-refractivity contribution in [1.82, 2.24) is 5.32 Å². The Hall–Kier alpha value is -3.38. The van der Waals surface area contributed by atoms with Crippen LogP contribution < -0.4 is 10.2 Å². The van der Waals surface area contributed by atoms with Crippen molar-refractivity contribution in [1.29, 1.82) is 0 Å². The van der Waals surface area contributed by atoms with Gasteiger partial charge in [-0.2, -0.15) is 0 Å². The topological polar surface area (TPSA) is 62.6 Å². The number of urea groups is 1. The van der Waals surface area contributed by atoms with Gasteiger partial charge < -0.3 is 9.73 Å². The van der Waals surface area contributed by atoms with E-state index in [2.05, 4.69) is 5.32 Å². The summed E-state index contributed by atoms with van der Waals surface area (Å²) in [5.41, 5.74) is 0.721. The molecule has 0 aliphatic carbocycles. The number of imide groups is 1. The number of amides is 3. The number of hydrogen-bond acceptors (Lipinski definition) is 3. The first-order chi connectivity index (χ1) is 13.0. The number of hydrogen-bond donors (Lipinski definition) is 1. The molecular formula is C20H12ClFN2O3. The second-order valence-electron chi connectivity index (χ2n) is 5.79. The largest absolute Gasteiger partial charge is 0.457 e. The molecule has 0 unspecified atom stereocenters. The van der Waals surface area contributed by atoms with Crippen LogP contribution in [0.4, 0.5) is 14.9 Å². The summed E-state index contributed by atoms with van der Waals surface area (Å²) in [7, 11) is 0. The lowest BCUT2D eigenvalue weighted by Gasteiger charge is -2.11. The first-order valence-electron chi connectivity index (χ1n) is 8.00. The van der Waals surface area contributed by atoms with Gasteiger partial charge in [-0.15, -0.1) is 0 Å². The maximum Gasteiger partial charge on any atom is 0.333 e. The standard InChI is InChI=1S/C20H12ClFN2O3/c21-12-4-3-5-13(10-12)24-19(25)17(23-20(24)26)11-14-8-9-18(27-14)15-6-1-2-7-16(15)22/h1-11H,(H,23,26)/b17-11-. The number of halogens is 2. The number of benzene rings is 2. The van der Waals surface area contributed by atoms with Gasteiger partial charge in [0.25, 0.3) is 5.91 Å². The Kier molecular flexibility index (Phi) is 4.25. The van der Waals surface area contributed by atoms with Gasteiger partial charge in [0.2, 0.25) is 0 Å². The van der Waals surface area contributed by atoms with Gasteiger partial charge in [-0.05, 0) is 42.5 Å². The molecule has 4 rings (SSSR count). The molecule has 1 aliphatic rings. The normalized spacial score (nSPS) is 15.5. The number of nitrogens with one attached hydrogen (secondary N) is 1. The second-order valence-corrected chi connectivity index (χ2v) is 6.23. The van der Waals surface area contributed by atoms with Crippen LogP contribution in [0.5, 0.6) is 0 Å². The summed E-state index contributed by atoms with van der Waals surface area (Å²) < 4.78 is 19.5. The van der Waals surface area contributed by atoms with Crippen LogP contribution in [-0.4, -0.2) is 11.9 Å². The van der Waals surface area contributed by atoms with E-state index in [-0.39, 0.29) is 5.70 Å². The summed E-state index contributed by atoms with van der Waals surface area (Å²) in [6.45, 7) is 0. The summed E-state index contributed by atoms with van der Waals surface area (Å²) in [5.74, 6) is -0.317. The molecule has 2 heterocycles. The average molecular weight is 383 g/mol. The minimum atomic E-state index is -0.589. The van der Waals surface area contributed by atoms with Crippen LogP contribution in [0.25, 0.3) is 17.4 Å². The summed E-state index contributed by atoms with van der Waals surface area (Å²) >= 11 is 5.93. The van der Waals surface area contributed by atoms with Gasteiger partial charge in [0.05, 0.1) is 11.3 Å². The summed E-state index contributed by atoms with van der Waals surface area (Å²) in [6, 6.07) is 15.2. The van der Waals surface area contributed by atoms with Crippen LogP contribution in [0.2, 0.25) is 5.02 Å². The third-order valence-electron chi connectivity index (χ3n) is 4.00. The highest BCUT2D eigenvalue weighted by Crippen LogP contribution is 2.28. The Balaban J connectivity index is 1.63. The molecular weight excluding hydrogens is 371 g/mol. The molecule has 7 heteroatoms. The van der Waals surface area contributed by atoms with Crippen LogP contribution in [0.3, 0.4) is 0 Å². The zero-order chi connectivity index (χ0) is 19.0. The Morgan fingerprint density at radius 3 is 2.63 bits per heavy atom. The lowest BCUT2D eigenvalue weighted by Crippen LogP contribution is -2.30. The molecule has 5 nitrogen and oxygen atoms in total. The molecule has 0 spiro atoms. The highest BCUT2D eigenvalue weighted by molar-refractivity contribution is 6.32. The molecule has 27 heavy (non-hydrogen) atoms. The van der Waals surface area contributed by atoms with Crippen molar-refractivity contribution < 1.29 is 18.4 Å². The number of anilines is 1. The van der Waals surface area contributed by atoms with Gasteiger partial charge in [0.15, 0.2) is 0 Å². The molecule has 1 aromatic heterocycles. The van der Waals surface area contributed by atoms with Gasteiger partial charge in [0, 0.05) is 11.1 Å². The molecule has 0 saturated carbocycles. The molecule has 1 N–H and O–H groups in total. The minimum absolute atomic E-state index is 0.0504. The number of nitrogens with zero attached hydrogens (tertiary/aromatic N) is 1. The fourth-order valence-corrected chi connectivity index (χ4v) is 2.95. The van der Waals surface area contributed by atoms with Crippen LogP contribution in [0.15, 0.2) is 70.8 Å². The smallest absolute Gasteiger partial charge is 0.333 e. The van der Waals surface area contributed by atoms with E-state index < -0.39 is 17.8 Å². The Morgan fingerprint density at radius 2 is 1.85 bits per heavy atom. The van der Waals surface area contributed by atoms with Crippen molar-refractivity contribution in [3.05, 3.63) is 83.0 Å². The number of carbonyl (C=O) groups is 2. The fourth-order valence-electron chi connectivity index (χ4n) is 2.76. The second kappa shape index (κ2) is 6.74. The van der Waals surface area contributed by atoms with Gasteiger partial charge >= 0.3 is 6.03 Å². The Labute approximate surface area is 158 Å². The average Bonchev–Trinajstić information content (AvgIpc) is 3.20. The van der Waals surface area contributed by atoms with Crippen LogP contribution in [-0.2, 0) is 4.79 Å². The summed E-state index contributed by atoms with van der Waals surface area (Å²) in [5, 5.41) is 2.91. The van der Waals surface area contributed by atoms with Crippen LogP contribution in [0.1, 0.15) is 5.76 Å². The quantitative estimate of drug-likeness (QED) is 0.521. The van der Waals surface area contributed by atoms with Crippen LogP contribution in [0, 0.1) is 5.82 Å². The highest BCUT2D eigenvalue weighted by atomic mass is 35.5.